The normalized spacial score (nSPS) is 18.4. The van der Waals surface area contributed by atoms with E-state index in [9.17, 15) is 14.7 Å². The first-order valence-electron chi connectivity index (χ1n) is 6.71. The van der Waals surface area contributed by atoms with Gasteiger partial charge in [-0.2, -0.15) is 0 Å². The van der Waals surface area contributed by atoms with Crippen LogP contribution in [0.5, 0.6) is 5.88 Å². The second kappa shape index (κ2) is 5.05. The second-order valence-corrected chi connectivity index (χ2v) is 5.19. The summed E-state index contributed by atoms with van der Waals surface area (Å²) in [5.74, 6) is -1.53. The Morgan fingerprint density at radius 3 is 2.95 bits per heavy atom. The van der Waals surface area contributed by atoms with Crippen LogP contribution < -0.4 is 5.73 Å². The molecule has 2 aromatic rings. The number of carbonyl (C=O) groups excluding carboxylic acids is 2. The highest BCUT2D eigenvalue weighted by Crippen LogP contribution is 2.25. The molecule has 1 saturated heterocycles. The number of carbonyl (C=O) groups is 2. The Bertz CT molecular complexity index is 729. The molecule has 2 heterocycles. The predicted molar refractivity (Wildman–Crippen MR) is 76.1 cm³/mol. The molecule has 21 heavy (non-hydrogen) atoms. The molecule has 1 fully saturated rings. The zero-order valence-electron chi connectivity index (χ0n) is 11.3. The molecule has 0 saturated carbocycles. The van der Waals surface area contributed by atoms with E-state index in [2.05, 4.69) is 4.98 Å². The first-order chi connectivity index (χ1) is 10.1. The van der Waals surface area contributed by atoms with Crippen LogP contribution in [0, 0.1) is 5.92 Å². The van der Waals surface area contributed by atoms with E-state index >= 15 is 0 Å². The van der Waals surface area contributed by atoms with Gasteiger partial charge in [0.2, 0.25) is 17.7 Å². The number of fused-ring (bicyclic) bond motifs is 1. The van der Waals surface area contributed by atoms with E-state index < -0.39 is 11.8 Å². The zero-order valence-corrected chi connectivity index (χ0v) is 11.3. The quantitative estimate of drug-likeness (QED) is 0.814. The molecular formula is C15H15N3O3. The number of hydrogen-bond donors (Lipinski definition) is 2. The average molecular weight is 285 g/mol. The van der Waals surface area contributed by atoms with Crippen molar-refractivity contribution in [3.05, 3.63) is 36.0 Å². The van der Waals surface area contributed by atoms with Crippen molar-refractivity contribution in [2.24, 2.45) is 11.7 Å². The fourth-order valence-corrected chi connectivity index (χ4v) is 2.68. The first-order valence-corrected chi connectivity index (χ1v) is 6.71. The van der Waals surface area contributed by atoms with Crippen molar-refractivity contribution < 1.29 is 14.7 Å². The van der Waals surface area contributed by atoms with E-state index in [0.29, 0.717) is 24.9 Å². The summed E-state index contributed by atoms with van der Waals surface area (Å²) in [4.78, 5) is 28.7. The summed E-state index contributed by atoms with van der Waals surface area (Å²) < 4.78 is 0. The van der Waals surface area contributed by atoms with Crippen LogP contribution in [0.25, 0.3) is 10.8 Å². The molecule has 6 nitrogen and oxygen atoms in total. The van der Waals surface area contributed by atoms with Gasteiger partial charge in [-0.3, -0.25) is 9.59 Å². The molecule has 1 atom stereocenters. The highest BCUT2D eigenvalue weighted by Gasteiger charge is 2.35. The lowest BCUT2D eigenvalue weighted by Crippen LogP contribution is -2.33. The molecular weight excluding hydrogens is 270 g/mol. The molecule has 0 radical (unpaired) electrons. The standard InChI is InChI=1S/C15H15N3O3/c16-13(19)11-4-6-18(15(11)21)8-9-1-2-10-3-5-17-14(20)12(10)7-9/h1-3,5,7,11H,4,6,8H2,(H2,16,19)(H,17,20)/t11-/m1/s1. The number of aromatic hydroxyl groups is 1. The molecule has 0 spiro atoms. The zero-order chi connectivity index (χ0) is 15.0. The topological polar surface area (TPSA) is 96.5 Å². The number of nitrogens with zero attached hydrogens (tertiary/aromatic N) is 2. The van der Waals surface area contributed by atoms with Crippen LogP contribution in [0.2, 0.25) is 0 Å². The molecule has 1 aliphatic heterocycles. The van der Waals surface area contributed by atoms with Crippen molar-refractivity contribution in [2.75, 3.05) is 6.54 Å². The van der Waals surface area contributed by atoms with E-state index in [-0.39, 0.29) is 11.8 Å². The van der Waals surface area contributed by atoms with Crippen molar-refractivity contribution in [3.63, 3.8) is 0 Å². The van der Waals surface area contributed by atoms with Gasteiger partial charge < -0.3 is 15.7 Å². The van der Waals surface area contributed by atoms with Gasteiger partial charge in [0.15, 0.2) is 0 Å². The van der Waals surface area contributed by atoms with Crippen LogP contribution in [-0.2, 0) is 16.1 Å². The molecule has 3 rings (SSSR count). The van der Waals surface area contributed by atoms with Crippen molar-refractivity contribution in [1.29, 1.82) is 0 Å². The Labute approximate surface area is 121 Å². The largest absolute Gasteiger partial charge is 0.493 e. The fourth-order valence-electron chi connectivity index (χ4n) is 2.68. The Morgan fingerprint density at radius 1 is 1.43 bits per heavy atom. The number of hydrogen-bond acceptors (Lipinski definition) is 4. The highest BCUT2D eigenvalue weighted by atomic mass is 16.3. The Balaban J connectivity index is 1.84. The molecule has 0 unspecified atom stereocenters. The number of benzene rings is 1. The third-order valence-corrected chi connectivity index (χ3v) is 3.82. The van der Waals surface area contributed by atoms with Gasteiger partial charge in [-0.05, 0) is 29.5 Å². The van der Waals surface area contributed by atoms with Gasteiger partial charge in [0.05, 0.1) is 0 Å². The molecule has 0 aliphatic carbocycles. The minimum absolute atomic E-state index is 0.0305. The lowest BCUT2D eigenvalue weighted by molar-refractivity contribution is -0.136. The molecule has 3 N–H and O–H groups in total. The van der Waals surface area contributed by atoms with Gasteiger partial charge >= 0.3 is 0 Å². The number of pyridine rings is 1. The molecule has 1 aromatic heterocycles. The van der Waals surface area contributed by atoms with E-state index in [1.807, 2.05) is 24.3 Å². The predicted octanol–water partition coefficient (Wildman–Crippen LogP) is 0.774. The third kappa shape index (κ3) is 2.40. The van der Waals surface area contributed by atoms with Gasteiger partial charge in [-0.15, -0.1) is 0 Å². The maximum absolute atomic E-state index is 12.0. The number of rotatable bonds is 3. The maximum Gasteiger partial charge on any atom is 0.235 e. The van der Waals surface area contributed by atoms with Gasteiger partial charge in [0.25, 0.3) is 0 Å². The Morgan fingerprint density at radius 2 is 2.24 bits per heavy atom. The molecule has 108 valence electrons. The van der Waals surface area contributed by atoms with Crippen molar-refractivity contribution in [1.82, 2.24) is 9.88 Å². The van der Waals surface area contributed by atoms with Gasteiger partial charge in [0, 0.05) is 24.7 Å². The van der Waals surface area contributed by atoms with E-state index in [1.165, 1.54) is 0 Å². The lowest BCUT2D eigenvalue weighted by Gasteiger charge is -2.16. The minimum Gasteiger partial charge on any atom is -0.493 e. The summed E-state index contributed by atoms with van der Waals surface area (Å²) in [6, 6.07) is 7.39. The molecule has 2 amide bonds. The van der Waals surface area contributed by atoms with Crippen LogP contribution in [0.3, 0.4) is 0 Å². The molecule has 6 heteroatoms. The summed E-state index contributed by atoms with van der Waals surface area (Å²) in [5, 5.41) is 11.3. The first kappa shape index (κ1) is 13.4. The summed E-state index contributed by atoms with van der Waals surface area (Å²) in [5.41, 5.74) is 6.09. The summed E-state index contributed by atoms with van der Waals surface area (Å²) in [6.45, 7) is 0.913. The number of primary amides is 1. The van der Waals surface area contributed by atoms with E-state index in [1.54, 1.807) is 11.1 Å². The Kier molecular flexibility index (Phi) is 3.21. The Hall–Kier alpha value is -2.63. The van der Waals surface area contributed by atoms with Gasteiger partial charge in [-0.1, -0.05) is 12.1 Å². The van der Waals surface area contributed by atoms with Crippen LogP contribution >= 0.6 is 0 Å². The molecule has 1 aliphatic rings. The monoisotopic (exact) mass is 285 g/mol. The number of amides is 2. The highest BCUT2D eigenvalue weighted by molar-refractivity contribution is 6.00. The molecule has 0 bridgehead atoms. The van der Waals surface area contributed by atoms with Gasteiger partial charge in [-0.25, -0.2) is 4.98 Å². The maximum atomic E-state index is 12.0. The van der Waals surface area contributed by atoms with Crippen molar-refractivity contribution in [2.45, 2.75) is 13.0 Å². The average Bonchev–Trinajstić information content (AvgIpc) is 2.81. The van der Waals surface area contributed by atoms with Crippen LogP contribution in [0.4, 0.5) is 0 Å². The number of likely N-dealkylation sites (tertiary alicyclic amines) is 1. The summed E-state index contributed by atoms with van der Waals surface area (Å²) in [7, 11) is 0. The molecule has 1 aromatic carbocycles. The number of nitrogens with two attached hydrogens (primary N) is 1. The van der Waals surface area contributed by atoms with Crippen LogP contribution in [0.1, 0.15) is 12.0 Å². The minimum atomic E-state index is -0.708. The van der Waals surface area contributed by atoms with Crippen molar-refractivity contribution in [3.8, 4) is 5.88 Å². The SMILES string of the molecule is NC(=O)[C@H]1CCN(Cc2ccc3ccnc(O)c3c2)C1=O. The lowest BCUT2D eigenvalue weighted by atomic mass is 10.1. The van der Waals surface area contributed by atoms with E-state index in [4.69, 9.17) is 5.73 Å². The van der Waals surface area contributed by atoms with Gasteiger partial charge in [0.1, 0.15) is 5.92 Å². The van der Waals surface area contributed by atoms with Crippen LogP contribution in [0.15, 0.2) is 30.5 Å². The van der Waals surface area contributed by atoms with Crippen LogP contribution in [-0.4, -0.2) is 33.3 Å². The fraction of sp³-hybridized carbons (Fsp3) is 0.267. The smallest absolute Gasteiger partial charge is 0.235 e. The van der Waals surface area contributed by atoms with E-state index in [0.717, 1.165) is 10.9 Å². The second-order valence-electron chi connectivity index (χ2n) is 5.19. The third-order valence-electron chi connectivity index (χ3n) is 3.82. The summed E-state index contributed by atoms with van der Waals surface area (Å²) >= 11 is 0. The van der Waals surface area contributed by atoms with Crippen molar-refractivity contribution >= 4 is 22.6 Å². The number of aromatic nitrogens is 1. The summed E-state index contributed by atoms with van der Waals surface area (Å²) in [6.07, 6.45) is 2.01.